The number of thiophene rings is 1. The Kier molecular flexibility index (Phi) is 3.28. The fraction of sp³-hybridized carbons (Fsp3) is 0.167. The molecule has 0 atom stereocenters. The first-order chi connectivity index (χ1) is 9.51. The summed E-state index contributed by atoms with van der Waals surface area (Å²) in [6, 6.07) is 7.90. The van der Waals surface area contributed by atoms with Crippen molar-refractivity contribution in [3.63, 3.8) is 0 Å². The van der Waals surface area contributed by atoms with E-state index in [9.17, 15) is 8.42 Å². The van der Waals surface area contributed by atoms with E-state index in [2.05, 4.69) is 19.9 Å². The molecule has 0 spiro atoms. The van der Waals surface area contributed by atoms with Crippen molar-refractivity contribution in [2.45, 2.75) is 6.54 Å². The monoisotopic (exact) mass is 308 g/mol. The van der Waals surface area contributed by atoms with Crippen molar-refractivity contribution >= 4 is 31.4 Å². The number of fused-ring (bicyclic) bond motifs is 1. The molecule has 2 aromatic heterocycles. The number of hydrogen-bond donors (Lipinski definition) is 2. The molecule has 0 saturated heterocycles. The number of nitrogens with one attached hydrogen (secondary N) is 2. The number of aromatic nitrogens is 3. The van der Waals surface area contributed by atoms with Crippen LogP contribution >= 0.6 is 11.3 Å². The van der Waals surface area contributed by atoms with Crippen molar-refractivity contribution in [3.8, 4) is 10.7 Å². The highest BCUT2D eigenvalue weighted by Gasteiger charge is 2.08. The van der Waals surface area contributed by atoms with Gasteiger partial charge >= 0.3 is 0 Å². The highest BCUT2D eigenvalue weighted by molar-refractivity contribution is 7.88. The van der Waals surface area contributed by atoms with Gasteiger partial charge in [-0.05, 0) is 29.1 Å². The van der Waals surface area contributed by atoms with E-state index < -0.39 is 10.0 Å². The van der Waals surface area contributed by atoms with Gasteiger partial charge in [-0.1, -0.05) is 6.07 Å². The van der Waals surface area contributed by atoms with Gasteiger partial charge in [-0.3, -0.25) is 5.10 Å². The van der Waals surface area contributed by atoms with E-state index in [4.69, 9.17) is 0 Å². The number of aromatic amines is 1. The molecular formula is C12H12N4O2S2. The number of sulfonamides is 1. The third kappa shape index (κ3) is 2.87. The summed E-state index contributed by atoms with van der Waals surface area (Å²) in [6.07, 6.45) is 2.62. The molecule has 1 aromatic carbocycles. The first kappa shape index (κ1) is 13.2. The third-order valence-electron chi connectivity index (χ3n) is 2.77. The molecule has 3 aromatic rings. The maximum Gasteiger partial charge on any atom is 0.209 e. The summed E-state index contributed by atoms with van der Waals surface area (Å²) in [4.78, 5) is 5.13. The average Bonchev–Trinajstić information content (AvgIpc) is 3.03. The van der Waals surface area contributed by atoms with Crippen molar-refractivity contribution in [1.82, 2.24) is 19.9 Å². The molecule has 6 nitrogen and oxygen atoms in total. The Bertz CT molecular complexity index is 838. The molecule has 0 aliphatic rings. The number of hydrogen-bond acceptors (Lipinski definition) is 5. The highest BCUT2D eigenvalue weighted by atomic mass is 32.2. The Morgan fingerprint density at radius 1 is 1.35 bits per heavy atom. The molecule has 104 valence electrons. The summed E-state index contributed by atoms with van der Waals surface area (Å²) in [5.41, 5.74) is 0.921. The highest BCUT2D eigenvalue weighted by Crippen LogP contribution is 2.31. The Labute approximate surface area is 119 Å². The van der Waals surface area contributed by atoms with E-state index in [1.807, 2.05) is 24.3 Å². The van der Waals surface area contributed by atoms with Gasteiger partial charge in [-0.25, -0.2) is 18.1 Å². The van der Waals surface area contributed by atoms with Gasteiger partial charge in [0.1, 0.15) is 6.33 Å². The van der Waals surface area contributed by atoms with Gasteiger partial charge in [0.15, 0.2) is 5.82 Å². The maximum atomic E-state index is 11.1. The minimum absolute atomic E-state index is 0.294. The van der Waals surface area contributed by atoms with Crippen LogP contribution in [0.2, 0.25) is 0 Å². The molecule has 0 amide bonds. The van der Waals surface area contributed by atoms with Crippen molar-refractivity contribution in [3.05, 3.63) is 36.2 Å². The summed E-state index contributed by atoms with van der Waals surface area (Å²) in [5.74, 6) is 0.738. The minimum atomic E-state index is -3.18. The molecular weight excluding hydrogens is 296 g/mol. The second kappa shape index (κ2) is 4.97. The van der Waals surface area contributed by atoms with Crippen LogP contribution in [-0.2, 0) is 16.6 Å². The van der Waals surface area contributed by atoms with Gasteiger partial charge in [0.05, 0.1) is 11.1 Å². The first-order valence-corrected chi connectivity index (χ1v) is 8.55. The largest absolute Gasteiger partial charge is 0.259 e. The van der Waals surface area contributed by atoms with Gasteiger partial charge in [-0.2, -0.15) is 5.10 Å². The van der Waals surface area contributed by atoms with Crippen LogP contribution in [0.1, 0.15) is 5.56 Å². The predicted octanol–water partition coefficient (Wildman–Crippen LogP) is 1.74. The van der Waals surface area contributed by atoms with Gasteiger partial charge < -0.3 is 0 Å². The predicted molar refractivity (Wildman–Crippen MR) is 78.9 cm³/mol. The maximum absolute atomic E-state index is 11.1. The second-order valence-corrected chi connectivity index (χ2v) is 7.33. The zero-order valence-corrected chi connectivity index (χ0v) is 12.3. The average molecular weight is 308 g/mol. The molecule has 3 rings (SSSR count). The molecule has 0 aliphatic heterocycles. The quantitative estimate of drug-likeness (QED) is 0.768. The van der Waals surface area contributed by atoms with Gasteiger partial charge in [-0.15, -0.1) is 11.3 Å². The first-order valence-electron chi connectivity index (χ1n) is 5.84. The zero-order valence-electron chi connectivity index (χ0n) is 10.6. The molecule has 2 heterocycles. The zero-order chi connectivity index (χ0) is 14.2. The second-order valence-electron chi connectivity index (χ2n) is 4.41. The third-order valence-corrected chi connectivity index (χ3v) is 4.56. The van der Waals surface area contributed by atoms with Crippen LogP contribution in [0.3, 0.4) is 0 Å². The fourth-order valence-electron chi connectivity index (χ4n) is 1.86. The fourth-order valence-corrected chi connectivity index (χ4v) is 3.28. The number of H-pyrrole nitrogens is 1. The SMILES string of the molecule is CS(=O)(=O)NCc1ccc2sc(-c3ncn[nH]3)cc2c1. The lowest BCUT2D eigenvalue weighted by atomic mass is 10.1. The Balaban J connectivity index is 1.91. The van der Waals surface area contributed by atoms with E-state index in [1.165, 1.54) is 6.33 Å². The summed E-state index contributed by atoms with van der Waals surface area (Å²) >= 11 is 1.61. The van der Waals surface area contributed by atoms with Crippen LogP contribution in [0.4, 0.5) is 0 Å². The topological polar surface area (TPSA) is 87.7 Å². The molecule has 0 aliphatic carbocycles. The summed E-state index contributed by atoms with van der Waals surface area (Å²) in [5, 5.41) is 7.73. The van der Waals surface area contributed by atoms with E-state index in [1.54, 1.807) is 11.3 Å². The molecule has 8 heteroatoms. The van der Waals surface area contributed by atoms with E-state index >= 15 is 0 Å². The van der Waals surface area contributed by atoms with Gasteiger partial charge in [0.25, 0.3) is 0 Å². The summed E-state index contributed by atoms with van der Waals surface area (Å²) in [6.45, 7) is 0.294. The van der Waals surface area contributed by atoms with Gasteiger partial charge in [0.2, 0.25) is 10.0 Å². The lowest BCUT2D eigenvalue weighted by Gasteiger charge is -2.02. The van der Waals surface area contributed by atoms with Crippen LogP contribution in [0.25, 0.3) is 20.8 Å². The lowest BCUT2D eigenvalue weighted by Crippen LogP contribution is -2.21. The van der Waals surface area contributed by atoms with Crippen LogP contribution in [-0.4, -0.2) is 29.9 Å². The Morgan fingerprint density at radius 2 is 2.20 bits per heavy atom. The van der Waals surface area contributed by atoms with Crippen LogP contribution in [0.5, 0.6) is 0 Å². The molecule has 0 unspecified atom stereocenters. The number of nitrogens with zero attached hydrogens (tertiary/aromatic N) is 2. The van der Waals surface area contributed by atoms with Crippen molar-refractivity contribution < 1.29 is 8.42 Å². The van der Waals surface area contributed by atoms with Gasteiger partial charge in [0, 0.05) is 11.2 Å². The summed E-state index contributed by atoms with van der Waals surface area (Å²) < 4.78 is 25.8. The van der Waals surface area contributed by atoms with Crippen molar-refractivity contribution in [2.24, 2.45) is 0 Å². The standard InChI is InChI=1S/C12H12N4O2S2/c1-20(17,18)15-6-8-2-3-10-9(4-8)5-11(19-10)12-13-7-14-16-12/h2-5,7,15H,6H2,1H3,(H,13,14,16). The van der Waals surface area contributed by atoms with Crippen LogP contribution < -0.4 is 4.72 Å². The van der Waals surface area contributed by atoms with Crippen LogP contribution in [0.15, 0.2) is 30.6 Å². The Morgan fingerprint density at radius 3 is 2.90 bits per heavy atom. The molecule has 2 N–H and O–H groups in total. The summed E-state index contributed by atoms with van der Waals surface area (Å²) in [7, 11) is -3.18. The van der Waals surface area contributed by atoms with Crippen molar-refractivity contribution in [1.29, 1.82) is 0 Å². The molecule has 0 radical (unpaired) electrons. The number of benzene rings is 1. The van der Waals surface area contributed by atoms with Crippen molar-refractivity contribution in [2.75, 3.05) is 6.26 Å². The minimum Gasteiger partial charge on any atom is -0.259 e. The van der Waals surface area contributed by atoms with E-state index in [-0.39, 0.29) is 0 Å². The Hall–Kier alpha value is -1.77. The van der Waals surface area contributed by atoms with E-state index in [0.717, 1.165) is 32.6 Å². The molecule has 0 bridgehead atoms. The number of rotatable bonds is 4. The molecule has 0 saturated carbocycles. The smallest absolute Gasteiger partial charge is 0.209 e. The normalized spacial score (nSPS) is 12.1. The van der Waals surface area contributed by atoms with E-state index in [0.29, 0.717) is 6.54 Å². The molecule has 20 heavy (non-hydrogen) atoms. The van der Waals surface area contributed by atoms with Crippen LogP contribution in [0, 0.1) is 0 Å². The molecule has 0 fully saturated rings. The lowest BCUT2D eigenvalue weighted by molar-refractivity contribution is 0.587.